The maximum atomic E-state index is 12.7. The predicted octanol–water partition coefficient (Wildman–Crippen LogP) is 3.10. The van der Waals surface area contributed by atoms with Gasteiger partial charge in [0, 0.05) is 12.6 Å². The Kier molecular flexibility index (Phi) is 4.11. The van der Waals surface area contributed by atoms with Crippen molar-refractivity contribution in [3.05, 3.63) is 36.0 Å². The van der Waals surface area contributed by atoms with Gasteiger partial charge in [0.1, 0.15) is 18.2 Å². The molecule has 2 heterocycles. The molecule has 5 nitrogen and oxygen atoms in total. The molecule has 0 saturated heterocycles. The minimum Gasteiger partial charge on any atom is -0.469 e. The van der Waals surface area contributed by atoms with E-state index in [9.17, 15) is 13.2 Å². The van der Waals surface area contributed by atoms with Crippen LogP contribution in [-0.4, -0.2) is 16.5 Å². The minimum absolute atomic E-state index is 0.00707. The Hall–Kier alpha value is -2.25. The Morgan fingerprint density at radius 3 is 2.75 bits per heavy atom. The minimum atomic E-state index is -4.63. The molecule has 2 rings (SSSR count). The van der Waals surface area contributed by atoms with Gasteiger partial charge in [-0.25, -0.2) is 4.98 Å². The van der Waals surface area contributed by atoms with E-state index in [1.165, 1.54) is 12.3 Å². The van der Waals surface area contributed by atoms with E-state index in [1.807, 2.05) is 0 Å². The number of rotatable bonds is 5. The molecule has 0 bridgehead atoms. The largest absolute Gasteiger partial charge is 0.469 e. The maximum absolute atomic E-state index is 12.7. The third-order valence-electron chi connectivity index (χ3n) is 2.26. The highest BCUT2D eigenvalue weighted by molar-refractivity contribution is 5.38. The van der Waals surface area contributed by atoms with Crippen molar-refractivity contribution in [1.29, 1.82) is 0 Å². The fourth-order valence-corrected chi connectivity index (χ4v) is 1.44. The summed E-state index contributed by atoms with van der Waals surface area (Å²) in [5.74, 6) is -0.864. The highest BCUT2D eigenvalue weighted by atomic mass is 19.4. The molecule has 2 aromatic rings. The quantitative estimate of drug-likeness (QED) is 0.915. The smallest absolute Gasteiger partial charge is 0.451 e. The van der Waals surface area contributed by atoms with Crippen LogP contribution in [-0.2, 0) is 12.8 Å². The van der Waals surface area contributed by atoms with E-state index >= 15 is 0 Å². The SMILES string of the molecule is CCNc1cc(OCc2ccco2)nc(C(F)(F)F)n1. The summed E-state index contributed by atoms with van der Waals surface area (Å²) in [6.45, 7) is 2.18. The number of anilines is 1. The van der Waals surface area contributed by atoms with E-state index in [2.05, 4.69) is 15.3 Å². The Balaban J connectivity index is 2.20. The third kappa shape index (κ3) is 3.62. The van der Waals surface area contributed by atoms with Gasteiger partial charge in [0.2, 0.25) is 11.7 Å². The van der Waals surface area contributed by atoms with Gasteiger partial charge in [0.05, 0.1) is 6.26 Å². The number of halogens is 3. The van der Waals surface area contributed by atoms with E-state index in [0.717, 1.165) is 0 Å². The van der Waals surface area contributed by atoms with Crippen LogP contribution in [0, 0.1) is 0 Å². The number of nitrogens with zero attached hydrogens (tertiary/aromatic N) is 2. The average molecular weight is 287 g/mol. The highest BCUT2D eigenvalue weighted by Gasteiger charge is 2.35. The van der Waals surface area contributed by atoms with Crippen LogP contribution >= 0.6 is 0 Å². The molecule has 0 aromatic carbocycles. The zero-order valence-electron chi connectivity index (χ0n) is 10.6. The van der Waals surface area contributed by atoms with Crippen molar-refractivity contribution in [3.8, 4) is 5.88 Å². The normalized spacial score (nSPS) is 11.4. The van der Waals surface area contributed by atoms with Crippen molar-refractivity contribution in [1.82, 2.24) is 9.97 Å². The van der Waals surface area contributed by atoms with Crippen LogP contribution in [0.5, 0.6) is 5.88 Å². The van der Waals surface area contributed by atoms with Gasteiger partial charge in [0.15, 0.2) is 0 Å². The first-order valence-electron chi connectivity index (χ1n) is 5.84. The number of aromatic nitrogens is 2. The second-order valence-electron chi connectivity index (χ2n) is 3.81. The molecule has 1 N–H and O–H groups in total. The molecule has 108 valence electrons. The van der Waals surface area contributed by atoms with Gasteiger partial charge in [0.25, 0.3) is 0 Å². The monoisotopic (exact) mass is 287 g/mol. The molecule has 0 aliphatic rings. The summed E-state index contributed by atoms with van der Waals surface area (Å²) in [6.07, 6.45) is -3.18. The lowest BCUT2D eigenvalue weighted by Crippen LogP contribution is -2.14. The average Bonchev–Trinajstić information content (AvgIpc) is 2.88. The lowest BCUT2D eigenvalue weighted by atomic mass is 10.4. The topological polar surface area (TPSA) is 60.2 Å². The summed E-state index contributed by atoms with van der Waals surface area (Å²) >= 11 is 0. The molecule has 0 radical (unpaired) electrons. The van der Waals surface area contributed by atoms with Crippen LogP contribution in [0.4, 0.5) is 19.0 Å². The van der Waals surface area contributed by atoms with Gasteiger partial charge < -0.3 is 14.5 Å². The molecule has 0 aliphatic carbocycles. The van der Waals surface area contributed by atoms with Crippen molar-refractivity contribution in [3.63, 3.8) is 0 Å². The maximum Gasteiger partial charge on any atom is 0.451 e. The van der Waals surface area contributed by atoms with Crippen LogP contribution in [0.2, 0.25) is 0 Å². The van der Waals surface area contributed by atoms with Crippen molar-refractivity contribution < 1.29 is 22.3 Å². The molecule has 20 heavy (non-hydrogen) atoms. The number of hydrogen-bond donors (Lipinski definition) is 1. The standard InChI is InChI=1S/C12H12F3N3O2/c1-2-16-9-6-10(18-11(17-9)12(13,14)15)20-7-8-4-3-5-19-8/h3-6H,2,7H2,1H3,(H,16,17,18). The van der Waals surface area contributed by atoms with Crippen LogP contribution < -0.4 is 10.1 Å². The summed E-state index contributed by atoms with van der Waals surface area (Å²) in [5.41, 5.74) is 0. The first-order valence-corrected chi connectivity index (χ1v) is 5.84. The lowest BCUT2D eigenvalue weighted by molar-refractivity contribution is -0.145. The number of furan rings is 1. The number of hydrogen-bond acceptors (Lipinski definition) is 5. The molecule has 0 fully saturated rings. The van der Waals surface area contributed by atoms with Crippen LogP contribution in [0.25, 0.3) is 0 Å². The Bertz CT molecular complexity index is 556. The summed E-state index contributed by atoms with van der Waals surface area (Å²) in [5, 5.41) is 2.70. The lowest BCUT2D eigenvalue weighted by Gasteiger charge is -2.11. The fourth-order valence-electron chi connectivity index (χ4n) is 1.44. The van der Waals surface area contributed by atoms with E-state index < -0.39 is 12.0 Å². The Morgan fingerprint density at radius 1 is 1.35 bits per heavy atom. The van der Waals surface area contributed by atoms with Crippen LogP contribution in [0.15, 0.2) is 28.9 Å². The van der Waals surface area contributed by atoms with Gasteiger partial charge in [-0.05, 0) is 19.1 Å². The van der Waals surface area contributed by atoms with Gasteiger partial charge in [-0.2, -0.15) is 18.2 Å². The van der Waals surface area contributed by atoms with Gasteiger partial charge in [-0.3, -0.25) is 0 Å². The molecule has 2 aromatic heterocycles. The van der Waals surface area contributed by atoms with Crippen LogP contribution in [0.1, 0.15) is 18.5 Å². The first-order chi connectivity index (χ1) is 9.49. The van der Waals surface area contributed by atoms with E-state index in [-0.39, 0.29) is 18.3 Å². The highest BCUT2D eigenvalue weighted by Crippen LogP contribution is 2.29. The molecular weight excluding hydrogens is 275 g/mol. The Morgan fingerprint density at radius 2 is 2.15 bits per heavy atom. The zero-order valence-corrected chi connectivity index (χ0v) is 10.6. The van der Waals surface area contributed by atoms with E-state index in [0.29, 0.717) is 12.3 Å². The number of alkyl halides is 3. The molecule has 0 saturated carbocycles. The molecule has 0 aliphatic heterocycles. The van der Waals surface area contributed by atoms with Gasteiger partial charge in [-0.1, -0.05) is 0 Å². The summed E-state index contributed by atoms with van der Waals surface area (Å²) < 4.78 is 48.2. The molecule has 0 unspecified atom stereocenters. The van der Waals surface area contributed by atoms with Crippen molar-refractivity contribution in [2.24, 2.45) is 0 Å². The van der Waals surface area contributed by atoms with Crippen LogP contribution in [0.3, 0.4) is 0 Å². The molecule has 0 atom stereocenters. The molecular formula is C12H12F3N3O2. The number of nitrogens with one attached hydrogen (secondary N) is 1. The summed E-state index contributed by atoms with van der Waals surface area (Å²) in [4.78, 5) is 6.74. The molecule has 0 amide bonds. The van der Waals surface area contributed by atoms with Gasteiger partial charge >= 0.3 is 6.18 Å². The zero-order chi connectivity index (χ0) is 14.6. The summed E-state index contributed by atoms with van der Waals surface area (Å²) in [7, 11) is 0. The fraction of sp³-hybridized carbons (Fsp3) is 0.333. The Labute approximate surface area is 112 Å². The third-order valence-corrected chi connectivity index (χ3v) is 2.26. The molecule has 0 spiro atoms. The van der Waals surface area contributed by atoms with Crippen molar-refractivity contribution >= 4 is 5.82 Å². The number of ether oxygens (including phenoxy) is 1. The van der Waals surface area contributed by atoms with Gasteiger partial charge in [-0.15, -0.1) is 0 Å². The summed E-state index contributed by atoms with van der Waals surface area (Å²) in [6, 6.07) is 4.61. The van der Waals surface area contributed by atoms with E-state index in [4.69, 9.17) is 9.15 Å². The predicted molar refractivity (Wildman–Crippen MR) is 64.2 cm³/mol. The first kappa shape index (κ1) is 14.2. The van der Waals surface area contributed by atoms with Crippen molar-refractivity contribution in [2.45, 2.75) is 19.7 Å². The second-order valence-corrected chi connectivity index (χ2v) is 3.81. The molecule has 8 heteroatoms. The second kappa shape index (κ2) is 5.81. The van der Waals surface area contributed by atoms with E-state index in [1.54, 1.807) is 19.1 Å². The van der Waals surface area contributed by atoms with Crippen molar-refractivity contribution in [2.75, 3.05) is 11.9 Å².